The molecule has 1 aliphatic carbocycles. The first-order chi connectivity index (χ1) is 7.15. The number of rotatable bonds is 4. The van der Waals surface area contributed by atoms with Crippen LogP contribution in [0.3, 0.4) is 0 Å². The minimum Gasteiger partial charge on any atom is -0.468 e. The summed E-state index contributed by atoms with van der Waals surface area (Å²) in [5.41, 5.74) is 0. The molecule has 84 valence electrons. The number of Topliss-reactive ketones (excluding diaryl/α,β-unsaturated/α-hetero) is 1. The molecule has 0 amide bonds. The van der Waals surface area contributed by atoms with E-state index in [0.29, 0.717) is 0 Å². The normalized spacial score (nSPS) is 30.3. The van der Waals surface area contributed by atoms with Gasteiger partial charge in [0.25, 0.3) is 0 Å². The lowest BCUT2D eigenvalue weighted by Gasteiger charge is -2.11. The number of allylic oxidation sites excluding steroid dienone is 1. The highest BCUT2D eigenvalue weighted by molar-refractivity contribution is 6.02. The van der Waals surface area contributed by atoms with Gasteiger partial charge in [0.15, 0.2) is 5.78 Å². The molecule has 0 spiro atoms. The van der Waals surface area contributed by atoms with E-state index in [4.69, 9.17) is 0 Å². The number of hydrogen-bond acceptors (Lipinski definition) is 3. The Balaban J connectivity index is 2.80. The van der Waals surface area contributed by atoms with Gasteiger partial charge in [-0.15, -0.1) is 6.58 Å². The molecule has 15 heavy (non-hydrogen) atoms. The average molecular weight is 210 g/mol. The molecule has 1 rings (SSSR count). The predicted octanol–water partition coefficient (Wildman–Crippen LogP) is 1.97. The Labute approximate surface area is 90.5 Å². The number of ketones is 1. The lowest BCUT2D eigenvalue weighted by molar-refractivity contribution is -0.149. The zero-order valence-electron chi connectivity index (χ0n) is 9.36. The van der Waals surface area contributed by atoms with Crippen molar-refractivity contribution in [2.75, 3.05) is 7.11 Å². The number of carbonyl (C=O) groups is 2. The second-order valence-corrected chi connectivity index (χ2v) is 4.02. The largest absolute Gasteiger partial charge is 0.468 e. The van der Waals surface area contributed by atoms with E-state index in [9.17, 15) is 9.59 Å². The maximum atomic E-state index is 11.9. The van der Waals surface area contributed by atoms with Gasteiger partial charge in [0.05, 0.1) is 7.11 Å². The van der Waals surface area contributed by atoms with Crippen LogP contribution in [0, 0.1) is 17.8 Å². The van der Waals surface area contributed by atoms with Crippen LogP contribution >= 0.6 is 0 Å². The second-order valence-electron chi connectivity index (χ2n) is 4.02. The molecule has 3 heteroatoms. The molecular formula is C12H18O3. The third-order valence-corrected chi connectivity index (χ3v) is 3.09. The standard InChI is InChI=1S/C12H18O3/c1-4-6-9-7-8(5-2)10(11(9)13)12(14)15-3/h5,8-10H,2,4,6-7H2,1,3H3. The molecule has 0 saturated heterocycles. The lowest BCUT2D eigenvalue weighted by Crippen LogP contribution is -2.26. The Bertz CT molecular complexity index is 270. The number of carbonyl (C=O) groups excluding carboxylic acids is 2. The zero-order chi connectivity index (χ0) is 11.4. The van der Waals surface area contributed by atoms with E-state index < -0.39 is 11.9 Å². The molecule has 0 aliphatic heterocycles. The van der Waals surface area contributed by atoms with Gasteiger partial charge < -0.3 is 4.74 Å². The number of methoxy groups -OCH3 is 1. The van der Waals surface area contributed by atoms with Gasteiger partial charge in [-0.25, -0.2) is 0 Å². The SMILES string of the molecule is C=CC1CC(CCC)C(=O)C1C(=O)OC. The highest BCUT2D eigenvalue weighted by atomic mass is 16.5. The Morgan fingerprint density at radius 3 is 2.80 bits per heavy atom. The molecule has 0 aromatic rings. The first-order valence-electron chi connectivity index (χ1n) is 5.39. The van der Waals surface area contributed by atoms with E-state index in [2.05, 4.69) is 11.3 Å². The second kappa shape index (κ2) is 5.10. The van der Waals surface area contributed by atoms with E-state index in [1.54, 1.807) is 6.08 Å². The van der Waals surface area contributed by atoms with Gasteiger partial charge in [-0.3, -0.25) is 9.59 Å². The molecule has 0 bridgehead atoms. The Hall–Kier alpha value is -1.12. The van der Waals surface area contributed by atoms with Gasteiger partial charge in [0.2, 0.25) is 0 Å². The first-order valence-corrected chi connectivity index (χ1v) is 5.39. The third-order valence-electron chi connectivity index (χ3n) is 3.09. The van der Waals surface area contributed by atoms with Gasteiger partial charge in [-0.2, -0.15) is 0 Å². The molecule has 0 radical (unpaired) electrons. The quantitative estimate of drug-likeness (QED) is 0.405. The summed E-state index contributed by atoms with van der Waals surface area (Å²) in [5, 5.41) is 0. The van der Waals surface area contributed by atoms with Crippen molar-refractivity contribution < 1.29 is 14.3 Å². The molecule has 0 N–H and O–H groups in total. The fraction of sp³-hybridized carbons (Fsp3) is 0.667. The number of esters is 1. The van der Waals surface area contributed by atoms with E-state index >= 15 is 0 Å². The van der Waals surface area contributed by atoms with Crippen LogP contribution in [0.4, 0.5) is 0 Å². The maximum absolute atomic E-state index is 11.9. The maximum Gasteiger partial charge on any atom is 0.316 e. The average Bonchev–Trinajstić information content (AvgIpc) is 2.55. The minimum atomic E-state index is -0.607. The van der Waals surface area contributed by atoms with Gasteiger partial charge in [0.1, 0.15) is 5.92 Å². The summed E-state index contributed by atoms with van der Waals surface area (Å²) in [7, 11) is 1.32. The van der Waals surface area contributed by atoms with E-state index in [1.165, 1.54) is 7.11 Å². The summed E-state index contributed by atoms with van der Waals surface area (Å²) in [4.78, 5) is 23.4. The van der Waals surface area contributed by atoms with Crippen molar-refractivity contribution in [2.45, 2.75) is 26.2 Å². The smallest absolute Gasteiger partial charge is 0.316 e. The summed E-state index contributed by atoms with van der Waals surface area (Å²) < 4.78 is 4.66. The van der Waals surface area contributed by atoms with Crippen LogP contribution in [-0.2, 0) is 14.3 Å². The van der Waals surface area contributed by atoms with Crippen molar-refractivity contribution in [2.24, 2.45) is 17.8 Å². The molecule has 0 aromatic carbocycles. The van der Waals surface area contributed by atoms with Gasteiger partial charge >= 0.3 is 5.97 Å². The fourth-order valence-corrected chi connectivity index (χ4v) is 2.30. The van der Waals surface area contributed by atoms with Crippen LogP contribution in [0.1, 0.15) is 26.2 Å². The van der Waals surface area contributed by atoms with Gasteiger partial charge in [-0.1, -0.05) is 19.4 Å². The van der Waals surface area contributed by atoms with Crippen LogP contribution in [0.25, 0.3) is 0 Å². The molecule has 3 nitrogen and oxygen atoms in total. The van der Waals surface area contributed by atoms with E-state index in [0.717, 1.165) is 19.3 Å². The predicted molar refractivity (Wildman–Crippen MR) is 57.2 cm³/mol. The van der Waals surface area contributed by atoms with Crippen molar-refractivity contribution in [1.82, 2.24) is 0 Å². The van der Waals surface area contributed by atoms with E-state index in [-0.39, 0.29) is 17.6 Å². The molecular weight excluding hydrogens is 192 g/mol. The zero-order valence-corrected chi connectivity index (χ0v) is 9.36. The summed E-state index contributed by atoms with van der Waals surface area (Å²) in [5.74, 6) is -1.01. The highest BCUT2D eigenvalue weighted by Crippen LogP contribution is 2.37. The summed E-state index contributed by atoms with van der Waals surface area (Å²) in [6, 6.07) is 0. The van der Waals surface area contributed by atoms with Crippen LogP contribution in [0.2, 0.25) is 0 Å². The summed E-state index contributed by atoms with van der Waals surface area (Å²) in [6.07, 6.45) is 4.27. The van der Waals surface area contributed by atoms with Crippen molar-refractivity contribution in [3.63, 3.8) is 0 Å². The monoisotopic (exact) mass is 210 g/mol. The van der Waals surface area contributed by atoms with Crippen molar-refractivity contribution in [3.05, 3.63) is 12.7 Å². The molecule has 1 saturated carbocycles. The summed E-state index contributed by atoms with van der Waals surface area (Å²) in [6.45, 7) is 5.72. The van der Waals surface area contributed by atoms with Crippen LogP contribution in [-0.4, -0.2) is 18.9 Å². The molecule has 3 unspecified atom stereocenters. The van der Waals surface area contributed by atoms with Crippen LogP contribution in [0.5, 0.6) is 0 Å². The third kappa shape index (κ3) is 2.28. The molecule has 0 heterocycles. The summed E-state index contributed by atoms with van der Waals surface area (Å²) >= 11 is 0. The Kier molecular flexibility index (Phi) is 4.06. The fourth-order valence-electron chi connectivity index (χ4n) is 2.30. The van der Waals surface area contributed by atoms with Crippen molar-refractivity contribution >= 4 is 11.8 Å². The van der Waals surface area contributed by atoms with Crippen molar-refractivity contribution in [3.8, 4) is 0 Å². The topological polar surface area (TPSA) is 43.4 Å². The van der Waals surface area contributed by atoms with Gasteiger partial charge in [0, 0.05) is 5.92 Å². The lowest BCUT2D eigenvalue weighted by atomic mass is 9.96. The molecule has 1 aliphatic rings. The minimum absolute atomic E-state index is 0.0158. The van der Waals surface area contributed by atoms with Crippen molar-refractivity contribution in [1.29, 1.82) is 0 Å². The molecule has 1 fully saturated rings. The molecule has 3 atom stereocenters. The first kappa shape index (κ1) is 12.0. The van der Waals surface area contributed by atoms with Crippen LogP contribution < -0.4 is 0 Å². The van der Waals surface area contributed by atoms with E-state index in [1.807, 2.05) is 6.92 Å². The highest BCUT2D eigenvalue weighted by Gasteiger charge is 2.44. The number of ether oxygens (including phenoxy) is 1. The Morgan fingerprint density at radius 1 is 1.67 bits per heavy atom. The van der Waals surface area contributed by atoms with Gasteiger partial charge in [-0.05, 0) is 18.8 Å². The molecule has 0 aromatic heterocycles. The Morgan fingerprint density at radius 2 is 2.33 bits per heavy atom. The van der Waals surface area contributed by atoms with Crippen LogP contribution in [0.15, 0.2) is 12.7 Å². The number of hydrogen-bond donors (Lipinski definition) is 0.